The van der Waals surface area contributed by atoms with Gasteiger partial charge in [-0.25, -0.2) is 8.78 Å². The summed E-state index contributed by atoms with van der Waals surface area (Å²) in [6, 6.07) is 0. The van der Waals surface area contributed by atoms with Crippen molar-refractivity contribution in [3.63, 3.8) is 0 Å². The minimum absolute atomic E-state index is 0.341. The molecule has 0 aliphatic rings. The van der Waals surface area contributed by atoms with E-state index in [0.717, 1.165) is 6.92 Å². The highest BCUT2D eigenvalue weighted by Crippen LogP contribution is 2.33. The first-order chi connectivity index (χ1) is 5.30. The van der Waals surface area contributed by atoms with Crippen molar-refractivity contribution in [3.05, 3.63) is 23.3 Å². The molecule has 0 nitrogen and oxygen atoms in total. The van der Waals surface area contributed by atoms with E-state index < -0.39 is 11.7 Å². The summed E-state index contributed by atoms with van der Waals surface area (Å²) < 4.78 is 25.6. The molecule has 2 heteroatoms. The molecule has 0 bridgehead atoms. The summed E-state index contributed by atoms with van der Waals surface area (Å²) in [5.74, 6) is -1.48. The second-order valence-electron chi connectivity index (χ2n) is 3.80. The minimum Gasteiger partial charge on any atom is -0.209 e. The predicted octanol–water partition coefficient (Wildman–Crippen LogP) is 4.15. The molecule has 12 heavy (non-hydrogen) atoms. The van der Waals surface area contributed by atoms with Gasteiger partial charge in [-0.15, -0.1) is 0 Å². The van der Waals surface area contributed by atoms with Crippen LogP contribution >= 0.6 is 0 Å². The first-order valence-electron chi connectivity index (χ1n) is 3.99. The number of rotatable bonds is 1. The van der Waals surface area contributed by atoms with E-state index >= 15 is 0 Å². The van der Waals surface area contributed by atoms with Crippen LogP contribution in [-0.2, 0) is 0 Å². The molecule has 0 radical (unpaired) electrons. The standard InChI is InChI=1S/C10H16F2/c1-6-8(10(3,4)5)9(12)7(2)11/h6H,1-5H3/b8-6+,9-7-. The summed E-state index contributed by atoms with van der Waals surface area (Å²) in [4.78, 5) is 0. The quantitative estimate of drug-likeness (QED) is 0.524. The van der Waals surface area contributed by atoms with Crippen molar-refractivity contribution in [2.75, 3.05) is 0 Å². The van der Waals surface area contributed by atoms with E-state index in [2.05, 4.69) is 0 Å². The summed E-state index contributed by atoms with van der Waals surface area (Å²) in [7, 11) is 0. The molecule has 0 heterocycles. The molecule has 0 fully saturated rings. The topological polar surface area (TPSA) is 0 Å². The Morgan fingerprint density at radius 2 is 1.58 bits per heavy atom. The van der Waals surface area contributed by atoms with Crippen molar-refractivity contribution in [1.29, 1.82) is 0 Å². The second-order valence-corrected chi connectivity index (χ2v) is 3.80. The van der Waals surface area contributed by atoms with Gasteiger partial charge in [-0.2, -0.15) is 0 Å². The first kappa shape index (κ1) is 11.3. The van der Waals surface area contributed by atoms with Crippen LogP contribution in [0.5, 0.6) is 0 Å². The minimum atomic E-state index is -0.752. The Morgan fingerprint density at radius 1 is 1.17 bits per heavy atom. The smallest absolute Gasteiger partial charge is 0.157 e. The molecule has 0 amide bonds. The van der Waals surface area contributed by atoms with Crippen LogP contribution in [0.2, 0.25) is 0 Å². The van der Waals surface area contributed by atoms with Crippen LogP contribution in [-0.4, -0.2) is 0 Å². The number of halogens is 2. The van der Waals surface area contributed by atoms with Crippen molar-refractivity contribution in [1.82, 2.24) is 0 Å². The van der Waals surface area contributed by atoms with Gasteiger partial charge < -0.3 is 0 Å². The van der Waals surface area contributed by atoms with Gasteiger partial charge in [-0.05, 0) is 24.8 Å². The largest absolute Gasteiger partial charge is 0.209 e. The predicted molar refractivity (Wildman–Crippen MR) is 48.1 cm³/mol. The van der Waals surface area contributed by atoms with E-state index in [4.69, 9.17) is 0 Å². The fraction of sp³-hybridized carbons (Fsp3) is 0.600. The molecule has 0 saturated heterocycles. The van der Waals surface area contributed by atoms with Crippen LogP contribution in [0.15, 0.2) is 23.3 Å². The van der Waals surface area contributed by atoms with E-state index in [-0.39, 0.29) is 5.41 Å². The first-order valence-corrected chi connectivity index (χ1v) is 3.99. The van der Waals surface area contributed by atoms with E-state index in [1.807, 2.05) is 20.8 Å². The van der Waals surface area contributed by atoms with Gasteiger partial charge in [0.1, 0.15) is 5.83 Å². The van der Waals surface area contributed by atoms with Crippen LogP contribution in [0.3, 0.4) is 0 Å². The Balaban J connectivity index is 5.00. The number of hydrogen-bond donors (Lipinski definition) is 0. The molecule has 0 aliphatic carbocycles. The summed E-state index contributed by atoms with van der Waals surface area (Å²) in [6.45, 7) is 8.40. The Hall–Kier alpha value is -0.660. The highest BCUT2D eigenvalue weighted by Gasteiger charge is 2.21. The molecule has 0 saturated carbocycles. The monoisotopic (exact) mass is 174 g/mol. The maximum Gasteiger partial charge on any atom is 0.157 e. The zero-order valence-corrected chi connectivity index (χ0v) is 8.33. The van der Waals surface area contributed by atoms with Crippen molar-refractivity contribution in [2.45, 2.75) is 34.6 Å². The summed E-state index contributed by atoms with van der Waals surface area (Å²) in [5.41, 5.74) is 0.0779. The van der Waals surface area contributed by atoms with Crippen LogP contribution in [0.4, 0.5) is 8.78 Å². The Kier molecular flexibility index (Phi) is 3.62. The molecule has 0 aromatic rings. The molecule has 0 aromatic carbocycles. The maximum atomic E-state index is 13.1. The molecule has 0 atom stereocenters. The van der Waals surface area contributed by atoms with Gasteiger partial charge in [0, 0.05) is 0 Å². The number of allylic oxidation sites excluding steroid dienone is 4. The Labute approximate surface area is 73.0 Å². The van der Waals surface area contributed by atoms with Crippen molar-refractivity contribution in [3.8, 4) is 0 Å². The van der Waals surface area contributed by atoms with Gasteiger partial charge >= 0.3 is 0 Å². The maximum absolute atomic E-state index is 13.1. The third-order valence-corrected chi connectivity index (χ3v) is 1.64. The lowest BCUT2D eigenvalue weighted by atomic mass is 9.85. The fourth-order valence-corrected chi connectivity index (χ4v) is 1.07. The van der Waals surface area contributed by atoms with Gasteiger partial charge in [0.15, 0.2) is 5.83 Å². The van der Waals surface area contributed by atoms with Crippen LogP contribution in [0.1, 0.15) is 34.6 Å². The van der Waals surface area contributed by atoms with Gasteiger partial charge in [0.25, 0.3) is 0 Å². The zero-order valence-electron chi connectivity index (χ0n) is 8.33. The van der Waals surface area contributed by atoms with E-state index in [1.54, 1.807) is 13.0 Å². The van der Waals surface area contributed by atoms with E-state index in [1.165, 1.54) is 0 Å². The third-order valence-electron chi connectivity index (χ3n) is 1.64. The molecule has 0 aliphatic heterocycles. The average Bonchev–Trinajstić information content (AvgIpc) is 1.85. The van der Waals surface area contributed by atoms with E-state index in [0.29, 0.717) is 5.57 Å². The Morgan fingerprint density at radius 3 is 1.67 bits per heavy atom. The van der Waals surface area contributed by atoms with Gasteiger partial charge in [-0.3, -0.25) is 0 Å². The highest BCUT2D eigenvalue weighted by molar-refractivity contribution is 5.31. The lowest BCUT2D eigenvalue weighted by molar-refractivity contribution is 0.453. The molecule has 0 rings (SSSR count). The average molecular weight is 174 g/mol. The SMILES string of the molecule is C/C=C(\C(F)=C(/C)F)C(C)(C)C. The molecule has 0 spiro atoms. The molecule has 0 N–H and O–H groups in total. The zero-order chi connectivity index (χ0) is 9.94. The second kappa shape index (κ2) is 3.83. The van der Waals surface area contributed by atoms with Crippen LogP contribution in [0, 0.1) is 5.41 Å². The van der Waals surface area contributed by atoms with E-state index in [9.17, 15) is 8.78 Å². The summed E-state index contributed by atoms with van der Waals surface area (Å²) in [5, 5.41) is 0. The fourth-order valence-electron chi connectivity index (χ4n) is 1.07. The molecule has 70 valence electrons. The molecular weight excluding hydrogens is 158 g/mol. The van der Waals surface area contributed by atoms with Gasteiger partial charge in [-0.1, -0.05) is 26.8 Å². The highest BCUT2D eigenvalue weighted by atomic mass is 19.2. The number of hydrogen-bond acceptors (Lipinski definition) is 0. The lowest BCUT2D eigenvalue weighted by Gasteiger charge is -2.21. The van der Waals surface area contributed by atoms with Crippen molar-refractivity contribution in [2.24, 2.45) is 5.41 Å². The normalized spacial score (nSPS) is 16.1. The lowest BCUT2D eigenvalue weighted by Crippen LogP contribution is -2.10. The summed E-state index contributed by atoms with van der Waals surface area (Å²) >= 11 is 0. The molecular formula is C10H16F2. The van der Waals surface area contributed by atoms with Gasteiger partial charge in [0.05, 0.1) is 0 Å². The van der Waals surface area contributed by atoms with Gasteiger partial charge in [0.2, 0.25) is 0 Å². The molecule has 0 aromatic heterocycles. The molecule has 0 unspecified atom stereocenters. The third kappa shape index (κ3) is 2.76. The summed E-state index contributed by atoms with van der Waals surface area (Å²) in [6.07, 6.45) is 1.61. The van der Waals surface area contributed by atoms with Crippen LogP contribution in [0.25, 0.3) is 0 Å². The van der Waals surface area contributed by atoms with Crippen molar-refractivity contribution >= 4 is 0 Å². The van der Waals surface area contributed by atoms with Crippen LogP contribution < -0.4 is 0 Å². The van der Waals surface area contributed by atoms with Crippen molar-refractivity contribution < 1.29 is 8.78 Å². The Bertz CT molecular complexity index is 212.